The van der Waals surface area contributed by atoms with Gasteiger partial charge in [-0.2, -0.15) is 0 Å². The van der Waals surface area contributed by atoms with Crippen molar-refractivity contribution in [2.45, 2.75) is 13.8 Å². The molecular weight excluding hydrogens is 214 g/mol. The molecule has 5 nitrogen and oxygen atoms in total. The molecule has 2 N–H and O–H groups in total. The molecule has 0 bridgehead atoms. The number of nitrogens with zero attached hydrogens (tertiary/aromatic N) is 1. The van der Waals surface area contributed by atoms with Crippen molar-refractivity contribution in [1.29, 1.82) is 0 Å². The molecule has 0 radical (unpaired) electrons. The number of hydrogen-bond donors (Lipinski definition) is 2. The Balaban J connectivity index is 2.37. The molecule has 1 aromatic rings. The fraction of sp³-hybridized carbons (Fsp3) is 0.444. The minimum absolute atomic E-state index is 0.321. The molecule has 0 aliphatic carbocycles. The number of rotatable bonds is 3. The molecule has 1 rings (SSSR count). The molecule has 0 atom stereocenters. The van der Waals surface area contributed by atoms with Crippen LogP contribution in [0, 0.1) is 5.92 Å². The standard InChI is InChI=1S/C9H13N3O2S/c1-6(2)5-11-7(13)8(14)12-9-10-3-4-15-9/h3-4,6H,5H2,1-2H3,(H,11,13)(H,10,12,14). The number of hydrogen-bond acceptors (Lipinski definition) is 4. The quantitative estimate of drug-likeness (QED) is 0.752. The van der Waals surface area contributed by atoms with E-state index in [0.717, 1.165) is 0 Å². The van der Waals surface area contributed by atoms with Gasteiger partial charge in [0.2, 0.25) is 0 Å². The van der Waals surface area contributed by atoms with E-state index in [1.54, 1.807) is 11.6 Å². The van der Waals surface area contributed by atoms with Crippen LogP contribution in [-0.4, -0.2) is 23.3 Å². The molecule has 6 heteroatoms. The lowest BCUT2D eigenvalue weighted by Gasteiger charge is -2.06. The molecule has 0 aliphatic heterocycles. The van der Waals surface area contributed by atoms with Gasteiger partial charge in [-0.05, 0) is 5.92 Å². The Labute approximate surface area is 91.9 Å². The predicted octanol–water partition coefficient (Wildman–Crippen LogP) is 0.854. The minimum atomic E-state index is -0.675. The summed E-state index contributed by atoms with van der Waals surface area (Å²) in [5, 5.41) is 7.08. The van der Waals surface area contributed by atoms with Crippen molar-refractivity contribution in [3.63, 3.8) is 0 Å². The second kappa shape index (κ2) is 5.45. The summed E-state index contributed by atoms with van der Waals surface area (Å²) in [5.41, 5.74) is 0. The molecule has 82 valence electrons. The van der Waals surface area contributed by atoms with Gasteiger partial charge in [0.25, 0.3) is 0 Å². The van der Waals surface area contributed by atoms with Gasteiger partial charge >= 0.3 is 11.8 Å². The minimum Gasteiger partial charge on any atom is -0.348 e. The smallest absolute Gasteiger partial charge is 0.315 e. The molecule has 0 unspecified atom stereocenters. The zero-order valence-corrected chi connectivity index (χ0v) is 9.43. The van der Waals surface area contributed by atoms with E-state index in [-0.39, 0.29) is 0 Å². The van der Waals surface area contributed by atoms with Crippen molar-refractivity contribution in [2.75, 3.05) is 11.9 Å². The Hall–Kier alpha value is -1.43. The van der Waals surface area contributed by atoms with Gasteiger partial charge in [0.1, 0.15) is 0 Å². The lowest BCUT2D eigenvalue weighted by molar-refractivity contribution is -0.136. The summed E-state index contributed by atoms with van der Waals surface area (Å²) in [7, 11) is 0. The lowest BCUT2D eigenvalue weighted by Crippen LogP contribution is -2.37. The van der Waals surface area contributed by atoms with Crippen LogP contribution in [0.15, 0.2) is 11.6 Å². The summed E-state index contributed by atoms with van der Waals surface area (Å²) in [6.07, 6.45) is 1.56. The van der Waals surface area contributed by atoms with E-state index in [9.17, 15) is 9.59 Å². The van der Waals surface area contributed by atoms with Crippen LogP contribution in [0.25, 0.3) is 0 Å². The zero-order valence-electron chi connectivity index (χ0n) is 8.61. The van der Waals surface area contributed by atoms with Crippen molar-refractivity contribution in [1.82, 2.24) is 10.3 Å². The van der Waals surface area contributed by atoms with E-state index >= 15 is 0 Å². The molecule has 0 aromatic carbocycles. The average molecular weight is 227 g/mol. The highest BCUT2D eigenvalue weighted by molar-refractivity contribution is 7.13. The van der Waals surface area contributed by atoms with Gasteiger partial charge in [-0.15, -0.1) is 11.3 Å². The Morgan fingerprint density at radius 2 is 2.20 bits per heavy atom. The third-order valence-corrected chi connectivity index (χ3v) is 2.22. The summed E-state index contributed by atoms with van der Waals surface area (Å²) in [6, 6.07) is 0. The Morgan fingerprint density at radius 1 is 1.47 bits per heavy atom. The van der Waals surface area contributed by atoms with Crippen LogP contribution in [0.3, 0.4) is 0 Å². The molecular formula is C9H13N3O2S. The van der Waals surface area contributed by atoms with Crippen LogP contribution < -0.4 is 10.6 Å². The first-order chi connectivity index (χ1) is 7.09. The first kappa shape index (κ1) is 11.6. The highest BCUT2D eigenvalue weighted by Gasteiger charge is 2.14. The van der Waals surface area contributed by atoms with Gasteiger partial charge in [0, 0.05) is 18.1 Å². The topological polar surface area (TPSA) is 71.1 Å². The van der Waals surface area contributed by atoms with Crippen LogP contribution in [0.5, 0.6) is 0 Å². The molecule has 0 fully saturated rings. The maximum absolute atomic E-state index is 11.3. The fourth-order valence-corrected chi connectivity index (χ4v) is 1.34. The molecule has 0 spiro atoms. The number of carbonyl (C=O) groups excluding carboxylic acids is 2. The molecule has 0 aliphatic rings. The van der Waals surface area contributed by atoms with Crippen LogP contribution in [0.1, 0.15) is 13.8 Å². The Kier molecular flexibility index (Phi) is 4.23. The van der Waals surface area contributed by atoms with Crippen LogP contribution in [0.2, 0.25) is 0 Å². The second-order valence-corrected chi connectivity index (χ2v) is 4.29. The van der Waals surface area contributed by atoms with E-state index in [1.807, 2.05) is 13.8 Å². The predicted molar refractivity (Wildman–Crippen MR) is 58.6 cm³/mol. The van der Waals surface area contributed by atoms with Gasteiger partial charge in [-0.25, -0.2) is 4.98 Å². The van der Waals surface area contributed by atoms with E-state index in [2.05, 4.69) is 15.6 Å². The maximum atomic E-state index is 11.3. The number of anilines is 1. The van der Waals surface area contributed by atoms with E-state index in [4.69, 9.17) is 0 Å². The molecule has 1 aromatic heterocycles. The Bertz CT molecular complexity index is 335. The van der Waals surface area contributed by atoms with Crippen molar-refractivity contribution < 1.29 is 9.59 Å². The molecule has 15 heavy (non-hydrogen) atoms. The number of nitrogens with one attached hydrogen (secondary N) is 2. The third kappa shape index (κ3) is 4.07. The maximum Gasteiger partial charge on any atom is 0.315 e. The van der Waals surface area contributed by atoms with Crippen LogP contribution in [0.4, 0.5) is 5.13 Å². The van der Waals surface area contributed by atoms with Gasteiger partial charge < -0.3 is 5.32 Å². The summed E-state index contributed by atoms with van der Waals surface area (Å²) >= 11 is 1.27. The van der Waals surface area contributed by atoms with Gasteiger partial charge in [0.05, 0.1) is 0 Å². The SMILES string of the molecule is CC(C)CNC(=O)C(=O)Nc1nccs1. The number of thiazole rings is 1. The largest absolute Gasteiger partial charge is 0.348 e. The van der Waals surface area contributed by atoms with E-state index in [1.165, 1.54) is 11.3 Å². The molecule has 2 amide bonds. The van der Waals surface area contributed by atoms with Crippen molar-refractivity contribution in [3.05, 3.63) is 11.6 Å². The van der Waals surface area contributed by atoms with Crippen molar-refractivity contribution in [3.8, 4) is 0 Å². The zero-order chi connectivity index (χ0) is 11.3. The van der Waals surface area contributed by atoms with Gasteiger partial charge in [0.15, 0.2) is 5.13 Å². The second-order valence-electron chi connectivity index (χ2n) is 3.40. The fourth-order valence-electron chi connectivity index (χ4n) is 0.816. The average Bonchev–Trinajstić information content (AvgIpc) is 2.66. The van der Waals surface area contributed by atoms with Gasteiger partial charge in [-0.1, -0.05) is 13.8 Å². The molecule has 0 saturated carbocycles. The van der Waals surface area contributed by atoms with E-state index in [0.29, 0.717) is 17.6 Å². The third-order valence-electron chi connectivity index (χ3n) is 1.53. The molecule has 1 heterocycles. The number of carbonyl (C=O) groups is 2. The highest BCUT2D eigenvalue weighted by Crippen LogP contribution is 2.09. The number of amides is 2. The summed E-state index contributed by atoms with van der Waals surface area (Å²) in [4.78, 5) is 26.3. The highest BCUT2D eigenvalue weighted by atomic mass is 32.1. The number of aromatic nitrogens is 1. The first-order valence-electron chi connectivity index (χ1n) is 4.58. The van der Waals surface area contributed by atoms with E-state index < -0.39 is 11.8 Å². The monoisotopic (exact) mass is 227 g/mol. The lowest BCUT2D eigenvalue weighted by atomic mass is 10.2. The van der Waals surface area contributed by atoms with Crippen LogP contribution in [-0.2, 0) is 9.59 Å². The summed E-state index contributed by atoms with van der Waals surface area (Å²) in [5.74, 6) is -0.980. The van der Waals surface area contributed by atoms with Crippen molar-refractivity contribution in [2.24, 2.45) is 5.92 Å². The normalized spacial score (nSPS) is 10.1. The Morgan fingerprint density at radius 3 is 2.73 bits per heavy atom. The van der Waals surface area contributed by atoms with Crippen molar-refractivity contribution >= 4 is 28.3 Å². The first-order valence-corrected chi connectivity index (χ1v) is 5.46. The van der Waals surface area contributed by atoms with Gasteiger partial charge in [-0.3, -0.25) is 14.9 Å². The molecule has 0 saturated heterocycles. The summed E-state index contributed by atoms with van der Waals surface area (Å²) < 4.78 is 0. The summed E-state index contributed by atoms with van der Waals surface area (Å²) in [6.45, 7) is 4.40. The van der Waals surface area contributed by atoms with Crippen LogP contribution >= 0.6 is 11.3 Å².